The Labute approximate surface area is 143 Å². The first-order chi connectivity index (χ1) is 11.6. The van der Waals surface area contributed by atoms with E-state index in [4.69, 9.17) is 10.00 Å². The lowest BCUT2D eigenvalue weighted by Gasteiger charge is -2.20. The van der Waals surface area contributed by atoms with E-state index in [2.05, 4.69) is 5.32 Å². The number of nitriles is 1. The summed E-state index contributed by atoms with van der Waals surface area (Å²) in [6.07, 6.45) is 5.35. The molecule has 0 radical (unpaired) electrons. The Balaban J connectivity index is 1.78. The lowest BCUT2D eigenvalue weighted by atomic mass is 9.93. The highest BCUT2D eigenvalue weighted by Gasteiger charge is 2.21. The van der Waals surface area contributed by atoms with E-state index in [9.17, 15) is 9.90 Å². The van der Waals surface area contributed by atoms with Gasteiger partial charge in [-0.3, -0.25) is 4.79 Å². The molecule has 2 atom stereocenters. The number of aliphatic hydroxyl groups is 1. The second-order valence-electron chi connectivity index (χ2n) is 6.58. The fraction of sp³-hybridized carbons (Fsp3) is 0.579. The van der Waals surface area contributed by atoms with Crippen LogP contribution in [0.15, 0.2) is 24.3 Å². The molecule has 1 aliphatic carbocycles. The molecular formula is C19H26N2O3. The molecule has 5 heteroatoms. The molecule has 0 heterocycles. The van der Waals surface area contributed by atoms with Gasteiger partial charge >= 0.3 is 0 Å². The molecular weight excluding hydrogens is 304 g/mol. The standard InChI is InChI=1S/C19H26N2O3/c1-14(24-18-8-4-7-16(10-18)11-20)19(23)21-12-17(13-22)9-15-5-2-3-6-15/h4,7-8,10,14-15,17,22H,2-3,5-6,9,12-13H2,1H3,(H,21,23)/t14-,17-/m1/s1. The van der Waals surface area contributed by atoms with Crippen LogP contribution in [-0.2, 0) is 4.79 Å². The molecule has 0 aliphatic heterocycles. The molecule has 1 aliphatic rings. The number of hydrogen-bond acceptors (Lipinski definition) is 4. The Morgan fingerprint density at radius 2 is 2.21 bits per heavy atom. The van der Waals surface area contributed by atoms with Gasteiger partial charge in [0.1, 0.15) is 5.75 Å². The second kappa shape index (κ2) is 9.29. The van der Waals surface area contributed by atoms with Gasteiger partial charge in [-0.05, 0) is 43.4 Å². The van der Waals surface area contributed by atoms with Crippen molar-refractivity contribution in [3.63, 3.8) is 0 Å². The molecule has 1 aromatic carbocycles. The number of nitrogens with zero attached hydrogens (tertiary/aromatic N) is 1. The molecule has 1 aromatic rings. The zero-order chi connectivity index (χ0) is 17.4. The number of ether oxygens (including phenoxy) is 1. The summed E-state index contributed by atoms with van der Waals surface area (Å²) in [4.78, 5) is 12.2. The number of carbonyl (C=O) groups excluding carboxylic acids is 1. The lowest BCUT2D eigenvalue weighted by molar-refractivity contribution is -0.127. The van der Waals surface area contributed by atoms with Crippen molar-refractivity contribution in [2.45, 2.75) is 45.1 Å². The predicted molar refractivity (Wildman–Crippen MR) is 91.4 cm³/mol. The highest BCUT2D eigenvalue weighted by Crippen LogP contribution is 2.30. The summed E-state index contributed by atoms with van der Waals surface area (Å²) in [5.74, 6) is 1.08. The monoisotopic (exact) mass is 330 g/mol. The zero-order valence-corrected chi connectivity index (χ0v) is 14.2. The molecule has 0 unspecified atom stereocenters. The highest BCUT2D eigenvalue weighted by atomic mass is 16.5. The minimum Gasteiger partial charge on any atom is -0.481 e. The van der Waals surface area contributed by atoms with E-state index in [1.54, 1.807) is 31.2 Å². The molecule has 0 aromatic heterocycles. The summed E-state index contributed by atoms with van der Waals surface area (Å²) in [6.45, 7) is 2.24. The topological polar surface area (TPSA) is 82.3 Å². The molecule has 5 nitrogen and oxygen atoms in total. The van der Waals surface area contributed by atoms with Gasteiger partial charge in [-0.1, -0.05) is 31.7 Å². The molecule has 0 spiro atoms. The summed E-state index contributed by atoms with van der Waals surface area (Å²) in [6, 6.07) is 8.79. The number of hydrogen-bond donors (Lipinski definition) is 2. The van der Waals surface area contributed by atoms with Crippen LogP contribution in [0.25, 0.3) is 0 Å². The predicted octanol–water partition coefficient (Wildman–Crippen LogP) is 2.63. The Hall–Kier alpha value is -2.06. The molecule has 2 N–H and O–H groups in total. The third kappa shape index (κ3) is 5.54. The van der Waals surface area contributed by atoms with Gasteiger partial charge in [-0.25, -0.2) is 0 Å². The molecule has 2 rings (SSSR count). The fourth-order valence-corrected chi connectivity index (χ4v) is 3.23. The first-order valence-electron chi connectivity index (χ1n) is 8.67. The molecule has 130 valence electrons. The lowest BCUT2D eigenvalue weighted by Crippen LogP contribution is -2.39. The van der Waals surface area contributed by atoms with Crippen LogP contribution in [0.5, 0.6) is 5.75 Å². The summed E-state index contributed by atoms with van der Waals surface area (Å²) in [5.41, 5.74) is 0.497. The zero-order valence-electron chi connectivity index (χ0n) is 14.2. The van der Waals surface area contributed by atoms with Crippen molar-refractivity contribution in [1.29, 1.82) is 5.26 Å². The van der Waals surface area contributed by atoms with Crippen LogP contribution in [-0.4, -0.2) is 30.3 Å². The van der Waals surface area contributed by atoms with Gasteiger partial charge < -0.3 is 15.2 Å². The van der Waals surface area contributed by atoms with E-state index in [0.29, 0.717) is 23.8 Å². The number of aliphatic hydroxyl groups excluding tert-OH is 1. The van der Waals surface area contributed by atoms with Crippen molar-refractivity contribution < 1.29 is 14.6 Å². The maximum Gasteiger partial charge on any atom is 0.260 e. The average Bonchev–Trinajstić information content (AvgIpc) is 3.11. The quantitative estimate of drug-likeness (QED) is 0.767. The SMILES string of the molecule is C[C@@H](Oc1cccc(C#N)c1)C(=O)NC[C@H](CO)CC1CCCC1. The number of carbonyl (C=O) groups is 1. The van der Waals surface area contributed by atoms with Crippen molar-refractivity contribution in [3.05, 3.63) is 29.8 Å². The normalized spacial score (nSPS) is 17.0. The first kappa shape index (κ1) is 18.3. The van der Waals surface area contributed by atoms with Crippen LogP contribution in [0.2, 0.25) is 0 Å². The van der Waals surface area contributed by atoms with Crippen LogP contribution in [0, 0.1) is 23.2 Å². The highest BCUT2D eigenvalue weighted by molar-refractivity contribution is 5.80. The first-order valence-corrected chi connectivity index (χ1v) is 8.67. The van der Waals surface area contributed by atoms with Crippen molar-refractivity contribution in [2.24, 2.45) is 11.8 Å². The average molecular weight is 330 g/mol. The Bertz CT molecular complexity index is 576. The van der Waals surface area contributed by atoms with Crippen molar-refractivity contribution >= 4 is 5.91 Å². The summed E-state index contributed by atoms with van der Waals surface area (Å²) in [7, 11) is 0. The number of nitrogens with one attached hydrogen (secondary N) is 1. The summed E-state index contributed by atoms with van der Waals surface area (Å²) in [5, 5.41) is 21.3. The van der Waals surface area contributed by atoms with Crippen LogP contribution < -0.4 is 10.1 Å². The van der Waals surface area contributed by atoms with Gasteiger partial charge in [0.15, 0.2) is 6.10 Å². The molecule has 0 bridgehead atoms. The minimum atomic E-state index is -0.648. The van der Waals surface area contributed by atoms with Crippen LogP contribution in [0.4, 0.5) is 0 Å². The third-order valence-electron chi connectivity index (χ3n) is 4.61. The Kier molecular flexibility index (Phi) is 7.07. The Morgan fingerprint density at radius 1 is 1.46 bits per heavy atom. The van der Waals surface area contributed by atoms with E-state index < -0.39 is 6.10 Å². The molecule has 1 fully saturated rings. The van der Waals surface area contributed by atoms with E-state index in [1.807, 2.05) is 6.07 Å². The molecule has 1 saturated carbocycles. The molecule has 1 amide bonds. The maximum atomic E-state index is 12.2. The fourth-order valence-electron chi connectivity index (χ4n) is 3.23. The van der Waals surface area contributed by atoms with Crippen LogP contribution >= 0.6 is 0 Å². The summed E-state index contributed by atoms with van der Waals surface area (Å²) >= 11 is 0. The number of amides is 1. The summed E-state index contributed by atoms with van der Waals surface area (Å²) < 4.78 is 5.59. The van der Waals surface area contributed by atoms with Crippen molar-refractivity contribution in [1.82, 2.24) is 5.32 Å². The van der Waals surface area contributed by atoms with Gasteiger partial charge in [-0.15, -0.1) is 0 Å². The van der Waals surface area contributed by atoms with Crippen molar-refractivity contribution in [2.75, 3.05) is 13.2 Å². The van der Waals surface area contributed by atoms with E-state index >= 15 is 0 Å². The largest absolute Gasteiger partial charge is 0.481 e. The third-order valence-corrected chi connectivity index (χ3v) is 4.61. The van der Waals surface area contributed by atoms with E-state index in [-0.39, 0.29) is 18.4 Å². The van der Waals surface area contributed by atoms with E-state index in [1.165, 1.54) is 25.7 Å². The van der Waals surface area contributed by atoms with Gasteiger partial charge in [-0.2, -0.15) is 5.26 Å². The number of rotatable bonds is 8. The van der Waals surface area contributed by atoms with Gasteiger partial charge in [0.05, 0.1) is 11.6 Å². The smallest absolute Gasteiger partial charge is 0.260 e. The minimum absolute atomic E-state index is 0.0935. The molecule has 0 saturated heterocycles. The molecule has 24 heavy (non-hydrogen) atoms. The van der Waals surface area contributed by atoms with Crippen molar-refractivity contribution in [3.8, 4) is 11.8 Å². The van der Waals surface area contributed by atoms with Crippen LogP contribution in [0.3, 0.4) is 0 Å². The maximum absolute atomic E-state index is 12.2. The Morgan fingerprint density at radius 3 is 2.88 bits per heavy atom. The van der Waals surface area contributed by atoms with Gasteiger partial charge in [0.25, 0.3) is 5.91 Å². The van der Waals surface area contributed by atoms with E-state index in [0.717, 1.165) is 6.42 Å². The van der Waals surface area contributed by atoms with Gasteiger partial charge in [0.2, 0.25) is 0 Å². The second-order valence-corrected chi connectivity index (χ2v) is 6.58. The van der Waals surface area contributed by atoms with Crippen LogP contribution in [0.1, 0.15) is 44.6 Å². The van der Waals surface area contributed by atoms with Gasteiger partial charge in [0, 0.05) is 13.2 Å². The number of benzene rings is 1.